The maximum atomic E-state index is 11.8. The van der Waals surface area contributed by atoms with Crippen LogP contribution >= 0.6 is 11.3 Å². The highest BCUT2D eigenvalue weighted by atomic mass is 32.1. The number of nitrogens with zero attached hydrogens (tertiary/aromatic N) is 1. The van der Waals surface area contributed by atoms with Crippen molar-refractivity contribution in [3.05, 3.63) is 65.0 Å². The number of amides is 1. The van der Waals surface area contributed by atoms with Crippen LogP contribution in [0.2, 0.25) is 0 Å². The van der Waals surface area contributed by atoms with E-state index in [2.05, 4.69) is 66.2 Å². The third kappa shape index (κ3) is 4.79. The van der Waals surface area contributed by atoms with Crippen molar-refractivity contribution < 1.29 is 4.79 Å². The fourth-order valence-corrected chi connectivity index (χ4v) is 3.51. The van der Waals surface area contributed by atoms with Gasteiger partial charge in [0, 0.05) is 29.5 Å². The predicted octanol–water partition coefficient (Wildman–Crippen LogP) is 5.45. The van der Waals surface area contributed by atoms with Gasteiger partial charge in [-0.25, -0.2) is 4.98 Å². The molecule has 4 heteroatoms. The van der Waals surface area contributed by atoms with Gasteiger partial charge in [-0.15, -0.1) is 11.3 Å². The number of rotatable bonds is 6. The zero-order valence-electron chi connectivity index (χ0n) is 15.5. The van der Waals surface area contributed by atoms with Crippen LogP contribution in [0, 0.1) is 12.8 Å². The Balaban J connectivity index is 1.65. The van der Waals surface area contributed by atoms with Gasteiger partial charge in [-0.2, -0.15) is 0 Å². The molecule has 0 radical (unpaired) electrons. The average Bonchev–Trinajstić information content (AvgIpc) is 3.10. The predicted molar refractivity (Wildman–Crippen MR) is 109 cm³/mol. The summed E-state index contributed by atoms with van der Waals surface area (Å²) < 4.78 is 0. The lowest BCUT2D eigenvalue weighted by atomic mass is 10.1. The molecule has 0 fully saturated rings. The lowest BCUT2D eigenvalue weighted by molar-refractivity contribution is -0.121. The molecule has 0 bridgehead atoms. The van der Waals surface area contributed by atoms with E-state index in [1.54, 1.807) is 11.3 Å². The number of aryl methyl sites for hydroxylation is 1. The first-order chi connectivity index (χ1) is 12.5. The lowest BCUT2D eigenvalue weighted by Gasteiger charge is -2.07. The summed E-state index contributed by atoms with van der Waals surface area (Å²) >= 11 is 1.65. The Hall–Kier alpha value is -2.46. The number of nitrogens with one attached hydrogen (secondary N) is 1. The third-order valence-electron chi connectivity index (χ3n) is 4.14. The van der Waals surface area contributed by atoms with E-state index >= 15 is 0 Å². The topological polar surface area (TPSA) is 42.0 Å². The van der Waals surface area contributed by atoms with Gasteiger partial charge in [0.15, 0.2) is 0 Å². The van der Waals surface area contributed by atoms with E-state index in [4.69, 9.17) is 4.98 Å². The van der Waals surface area contributed by atoms with Gasteiger partial charge in [0.2, 0.25) is 5.91 Å². The molecule has 0 aliphatic rings. The van der Waals surface area contributed by atoms with Crippen molar-refractivity contribution in [2.45, 2.75) is 33.7 Å². The molecule has 3 aromatic rings. The van der Waals surface area contributed by atoms with Gasteiger partial charge < -0.3 is 5.32 Å². The van der Waals surface area contributed by atoms with Crippen LogP contribution in [0.25, 0.3) is 21.8 Å². The quantitative estimate of drug-likeness (QED) is 0.632. The first-order valence-corrected chi connectivity index (χ1v) is 9.78. The number of carbonyl (C=O) groups excluding carboxylic acids is 1. The van der Waals surface area contributed by atoms with Gasteiger partial charge >= 0.3 is 0 Å². The van der Waals surface area contributed by atoms with Gasteiger partial charge in [0.25, 0.3) is 0 Å². The Morgan fingerprint density at radius 3 is 2.35 bits per heavy atom. The fourth-order valence-electron chi connectivity index (χ4n) is 2.67. The largest absolute Gasteiger partial charge is 0.352 e. The highest BCUT2D eigenvalue weighted by molar-refractivity contribution is 7.13. The van der Waals surface area contributed by atoms with Gasteiger partial charge in [-0.05, 0) is 18.4 Å². The monoisotopic (exact) mass is 364 g/mol. The minimum atomic E-state index is 0.103. The molecule has 26 heavy (non-hydrogen) atoms. The van der Waals surface area contributed by atoms with Crippen LogP contribution in [0.5, 0.6) is 0 Å². The smallest absolute Gasteiger partial charge is 0.220 e. The van der Waals surface area contributed by atoms with E-state index in [-0.39, 0.29) is 5.91 Å². The number of hydrogen-bond donors (Lipinski definition) is 1. The maximum Gasteiger partial charge on any atom is 0.220 e. The molecule has 1 aromatic heterocycles. The van der Waals surface area contributed by atoms with E-state index in [0.717, 1.165) is 27.4 Å². The van der Waals surface area contributed by atoms with Crippen LogP contribution in [0.3, 0.4) is 0 Å². The molecule has 0 saturated heterocycles. The van der Waals surface area contributed by atoms with Crippen molar-refractivity contribution >= 4 is 17.2 Å². The average molecular weight is 365 g/mol. The molecule has 3 nitrogen and oxygen atoms in total. The highest BCUT2D eigenvalue weighted by Crippen LogP contribution is 2.29. The Morgan fingerprint density at radius 2 is 1.69 bits per heavy atom. The van der Waals surface area contributed by atoms with E-state index < -0.39 is 0 Å². The molecule has 0 unspecified atom stereocenters. The molecule has 1 heterocycles. The fraction of sp³-hybridized carbons (Fsp3) is 0.273. The summed E-state index contributed by atoms with van der Waals surface area (Å²) in [5, 5.41) is 6.08. The molecule has 0 spiro atoms. The van der Waals surface area contributed by atoms with Crippen LogP contribution in [0.4, 0.5) is 0 Å². The minimum absolute atomic E-state index is 0.103. The van der Waals surface area contributed by atoms with E-state index in [0.29, 0.717) is 18.9 Å². The van der Waals surface area contributed by atoms with Crippen molar-refractivity contribution in [1.29, 1.82) is 0 Å². The molecule has 0 aliphatic carbocycles. The van der Waals surface area contributed by atoms with Gasteiger partial charge in [-0.1, -0.05) is 67.9 Å². The van der Waals surface area contributed by atoms with Crippen molar-refractivity contribution in [2.24, 2.45) is 5.92 Å². The second kappa shape index (κ2) is 8.28. The summed E-state index contributed by atoms with van der Waals surface area (Å²) in [4.78, 5) is 16.5. The van der Waals surface area contributed by atoms with Crippen molar-refractivity contribution in [3.8, 4) is 21.8 Å². The van der Waals surface area contributed by atoms with Crippen LogP contribution in [-0.4, -0.2) is 10.9 Å². The SMILES string of the molecule is Cc1ccc(-c2csc(-c3ccc(CNC(=O)CC(C)C)cc3)n2)cc1. The highest BCUT2D eigenvalue weighted by Gasteiger charge is 2.08. The van der Waals surface area contributed by atoms with Crippen molar-refractivity contribution in [3.63, 3.8) is 0 Å². The molecule has 134 valence electrons. The molecule has 0 atom stereocenters. The molecule has 0 aliphatic heterocycles. The van der Waals surface area contributed by atoms with Crippen LogP contribution < -0.4 is 5.32 Å². The summed E-state index contributed by atoms with van der Waals surface area (Å²) in [6.45, 7) is 6.75. The van der Waals surface area contributed by atoms with Gasteiger partial charge in [0.05, 0.1) is 5.69 Å². The second-order valence-corrected chi connectivity index (χ2v) is 7.83. The minimum Gasteiger partial charge on any atom is -0.352 e. The van der Waals surface area contributed by atoms with Crippen molar-refractivity contribution in [2.75, 3.05) is 0 Å². The molecular formula is C22H24N2OS. The van der Waals surface area contributed by atoms with Crippen LogP contribution in [0.15, 0.2) is 53.9 Å². The Bertz CT molecular complexity index is 864. The van der Waals surface area contributed by atoms with Gasteiger partial charge in [0.1, 0.15) is 5.01 Å². The van der Waals surface area contributed by atoms with E-state index in [1.807, 2.05) is 13.8 Å². The summed E-state index contributed by atoms with van der Waals surface area (Å²) in [6.07, 6.45) is 0.568. The second-order valence-electron chi connectivity index (χ2n) is 6.98. The first-order valence-electron chi connectivity index (χ1n) is 8.90. The summed E-state index contributed by atoms with van der Waals surface area (Å²) in [6, 6.07) is 16.7. The number of hydrogen-bond acceptors (Lipinski definition) is 3. The zero-order valence-corrected chi connectivity index (χ0v) is 16.3. The molecular weight excluding hydrogens is 340 g/mol. The third-order valence-corrected chi connectivity index (χ3v) is 5.03. The molecule has 1 amide bonds. The standard InChI is InChI=1S/C22H24N2OS/c1-15(2)12-21(25)23-13-17-6-10-19(11-7-17)22-24-20(14-26-22)18-8-4-16(3)5-9-18/h4-11,14-15H,12-13H2,1-3H3,(H,23,25). The van der Waals surface area contributed by atoms with E-state index in [9.17, 15) is 4.79 Å². The maximum absolute atomic E-state index is 11.8. The molecule has 0 saturated carbocycles. The van der Waals surface area contributed by atoms with Gasteiger partial charge in [-0.3, -0.25) is 4.79 Å². The number of aromatic nitrogens is 1. The number of carbonyl (C=O) groups is 1. The number of benzene rings is 2. The molecule has 1 N–H and O–H groups in total. The van der Waals surface area contributed by atoms with Crippen molar-refractivity contribution in [1.82, 2.24) is 10.3 Å². The Kier molecular flexibility index (Phi) is 5.84. The van der Waals surface area contributed by atoms with Crippen LogP contribution in [0.1, 0.15) is 31.4 Å². The molecule has 3 rings (SSSR count). The summed E-state index contributed by atoms with van der Waals surface area (Å²) in [5.74, 6) is 0.483. The van der Waals surface area contributed by atoms with E-state index in [1.165, 1.54) is 5.56 Å². The molecule has 2 aromatic carbocycles. The lowest BCUT2D eigenvalue weighted by Crippen LogP contribution is -2.23. The Labute approximate surface area is 159 Å². The normalized spacial score (nSPS) is 10.9. The first kappa shape index (κ1) is 18.3. The number of thiazole rings is 1. The summed E-state index contributed by atoms with van der Waals surface area (Å²) in [7, 11) is 0. The van der Waals surface area contributed by atoms with Crippen LogP contribution in [-0.2, 0) is 11.3 Å². The summed E-state index contributed by atoms with van der Waals surface area (Å²) in [5.41, 5.74) is 5.60. The Morgan fingerprint density at radius 1 is 1.04 bits per heavy atom. The zero-order chi connectivity index (χ0) is 18.5.